The second kappa shape index (κ2) is 5.85. The Morgan fingerprint density at radius 1 is 0.545 bits per heavy atom. The molecule has 0 N–H and O–H groups in total. The number of aromatic nitrogens is 1. The molecule has 1 nitrogen and oxygen atoms in total. The van der Waals surface area contributed by atoms with E-state index in [2.05, 4.69) is 122 Å². The van der Waals surface area contributed by atoms with Crippen molar-refractivity contribution in [1.29, 1.82) is 0 Å². The third kappa shape index (κ3) is 1.89. The first kappa shape index (κ1) is 17.5. The topological polar surface area (TPSA) is 4.93 Å². The summed E-state index contributed by atoms with van der Waals surface area (Å²) in [4.78, 5) is 0. The number of rotatable bonds is 0. The van der Waals surface area contributed by atoms with Gasteiger partial charge in [-0.05, 0) is 45.5 Å². The number of nitrogens with zero attached hydrogens (tertiary/aromatic N) is 1. The molecule has 0 unspecified atom stereocenters. The Bertz CT molecular complexity index is 1740. The second-order valence-corrected chi connectivity index (χ2v) is 9.42. The number of hydrogen-bond donors (Lipinski definition) is 0. The van der Waals surface area contributed by atoms with Crippen LogP contribution in [0, 0.1) is 0 Å². The quantitative estimate of drug-likeness (QED) is 0.278. The highest BCUT2D eigenvalue weighted by atomic mass is 15.0. The van der Waals surface area contributed by atoms with Crippen LogP contribution >= 0.6 is 0 Å². The van der Waals surface area contributed by atoms with Gasteiger partial charge >= 0.3 is 0 Å². The van der Waals surface area contributed by atoms with E-state index in [1.54, 1.807) is 0 Å². The average Bonchev–Trinajstić information content (AvgIpc) is 3.35. The van der Waals surface area contributed by atoms with E-state index in [0.29, 0.717) is 0 Å². The Kier molecular flexibility index (Phi) is 3.10. The van der Waals surface area contributed by atoms with Crippen molar-refractivity contribution in [3.63, 3.8) is 0 Å². The highest BCUT2D eigenvalue weighted by Gasteiger charge is 2.50. The number of fused-ring (bicyclic) bond motifs is 12. The van der Waals surface area contributed by atoms with Gasteiger partial charge in [0.15, 0.2) is 0 Å². The molecule has 0 bridgehead atoms. The molecule has 33 heavy (non-hydrogen) atoms. The van der Waals surface area contributed by atoms with Gasteiger partial charge in [-0.1, -0.05) is 103 Å². The molecule has 5 aromatic carbocycles. The van der Waals surface area contributed by atoms with Crippen molar-refractivity contribution < 1.29 is 0 Å². The van der Waals surface area contributed by atoms with E-state index >= 15 is 0 Å². The Balaban J connectivity index is 1.71. The zero-order chi connectivity index (χ0) is 21.7. The molecule has 0 atom stereocenters. The van der Waals surface area contributed by atoms with Crippen LogP contribution in [0.3, 0.4) is 0 Å². The predicted molar refractivity (Wildman–Crippen MR) is 140 cm³/mol. The Morgan fingerprint density at radius 2 is 1.18 bits per heavy atom. The molecule has 2 heterocycles. The molecule has 1 aliphatic heterocycles. The Morgan fingerprint density at radius 3 is 1.97 bits per heavy atom. The van der Waals surface area contributed by atoms with E-state index in [1.807, 2.05) is 0 Å². The largest absolute Gasteiger partial charge is 0.309 e. The molecule has 8 rings (SSSR count). The van der Waals surface area contributed by atoms with E-state index in [4.69, 9.17) is 0 Å². The molecular weight excluding hydrogens is 397 g/mol. The van der Waals surface area contributed by atoms with Crippen LogP contribution in [0.15, 0.2) is 109 Å². The average molecular weight is 417 g/mol. The van der Waals surface area contributed by atoms with Gasteiger partial charge in [-0.3, -0.25) is 0 Å². The molecule has 0 fully saturated rings. The van der Waals surface area contributed by atoms with Gasteiger partial charge in [0.2, 0.25) is 0 Å². The third-order valence-corrected chi connectivity index (χ3v) is 7.85. The SMILES string of the molecule is Bc1ccc2c(c1)-n1c3ccccc3c3cccc(c31)C21c2ccccc2-c2ccccc21. The second-order valence-electron chi connectivity index (χ2n) is 9.42. The third-order valence-electron chi connectivity index (χ3n) is 7.85. The molecule has 1 spiro atoms. The van der Waals surface area contributed by atoms with Gasteiger partial charge in [-0.2, -0.15) is 0 Å². The lowest BCUT2D eigenvalue weighted by atomic mass is 9.65. The zero-order valence-corrected chi connectivity index (χ0v) is 18.3. The minimum Gasteiger partial charge on any atom is -0.309 e. The summed E-state index contributed by atoms with van der Waals surface area (Å²) in [6.45, 7) is 0. The van der Waals surface area contributed by atoms with Crippen molar-refractivity contribution in [3.8, 4) is 16.8 Å². The van der Waals surface area contributed by atoms with Crippen LogP contribution in [0.5, 0.6) is 0 Å². The molecule has 1 aromatic heterocycles. The zero-order valence-electron chi connectivity index (χ0n) is 18.3. The molecule has 152 valence electrons. The van der Waals surface area contributed by atoms with Crippen molar-refractivity contribution in [1.82, 2.24) is 4.57 Å². The summed E-state index contributed by atoms with van der Waals surface area (Å²) >= 11 is 0. The predicted octanol–water partition coefficient (Wildman–Crippen LogP) is 5.72. The van der Waals surface area contributed by atoms with Crippen molar-refractivity contribution in [2.24, 2.45) is 0 Å². The normalized spacial score (nSPS) is 14.4. The summed E-state index contributed by atoms with van der Waals surface area (Å²) in [5.41, 5.74) is 13.1. The summed E-state index contributed by atoms with van der Waals surface area (Å²) in [7, 11) is 2.20. The maximum absolute atomic E-state index is 2.51. The van der Waals surface area contributed by atoms with Gasteiger partial charge in [0.1, 0.15) is 7.85 Å². The van der Waals surface area contributed by atoms with Gasteiger partial charge in [-0.15, -0.1) is 0 Å². The van der Waals surface area contributed by atoms with Gasteiger partial charge < -0.3 is 4.57 Å². The fourth-order valence-corrected chi connectivity index (χ4v) is 6.68. The first-order valence-electron chi connectivity index (χ1n) is 11.6. The highest BCUT2D eigenvalue weighted by molar-refractivity contribution is 6.32. The molecule has 0 saturated heterocycles. The maximum Gasteiger partial charge on any atom is 0.139 e. The van der Waals surface area contributed by atoms with Crippen molar-refractivity contribution in [3.05, 3.63) is 131 Å². The minimum absolute atomic E-state index is 0.319. The molecule has 0 saturated carbocycles. The Hall–Kier alpha value is -4.04. The van der Waals surface area contributed by atoms with E-state index in [-0.39, 0.29) is 5.41 Å². The fraction of sp³-hybridized carbons (Fsp3) is 0.0323. The van der Waals surface area contributed by atoms with Gasteiger partial charge in [0.25, 0.3) is 0 Å². The summed E-state index contributed by atoms with van der Waals surface area (Å²) in [6, 6.07) is 40.8. The molecule has 0 radical (unpaired) electrons. The maximum atomic E-state index is 2.51. The summed E-state index contributed by atoms with van der Waals surface area (Å²) in [5.74, 6) is 0. The van der Waals surface area contributed by atoms with Crippen LogP contribution in [0.1, 0.15) is 22.3 Å². The first-order valence-corrected chi connectivity index (χ1v) is 11.6. The molecule has 1 aliphatic carbocycles. The van der Waals surface area contributed by atoms with Gasteiger partial charge in [0, 0.05) is 10.8 Å². The molecule has 2 aliphatic rings. The van der Waals surface area contributed by atoms with Crippen molar-refractivity contribution >= 4 is 35.1 Å². The van der Waals surface area contributed by atoms with Crippen LogP contribution in [-0.2, 0) is 5.41 Å². The van der Waals surface area contributed by atoms with Crippen LogP contribution < -0.4 is 5.46 Å². The number of benzene rings is 5. The van der Waals surface area contributed by atoms with Crippen LogP contribution in [0.25, 0.3) is 38.6 Å². The molecule has 6 aromatic rings. The van der Waals surface area contributed by atoms with E-state index in [1.165, 1.54) is 66.3 Å². The summed E-state index contributed by atoms with van der Waals surface area (Å²) in [6.07, 6.45) is 0. The lowest BCUT2D eigenvalue weighted by molar-refractivity contribution is 0.749. The minimum atomic E-state index is -0.319. The van der Waals surface area contributed by atoms with E-state index in [0.717, 1.165) is 0 Å². The van der Waals surface area contributed by atoms with E-state index < -0.39 is 0 Å². The lowest BCUT2D eigenvalue weighted by Gasteiger charge is -2.39. The number of hydrogen-bond acceptors (Lipinski definition) is 0. The van der Waals surface area contributed by atoms with Crippen molar-refractivity contribution in [2.75, 3.05) is 0 Å². The smallest absolute Gasteiger partial charge is 0.139 e. The highest BCUT2D eigenvalue weighted by Crippen LogP contribution is 2.60. The summed E-state index contributed by atoms with van der Waals surface area (Å²) in [5, 5.41) is 2.65. The number of para-hydroxylation sites is 2. The fourth-order valence-electron chi connectivity index (χ4n) is 6.68. The van der Waals surface area contributed by atoms with Crippen LogP contribution in [-0.4, -0.2) is 12.4 Å². The molecule has 2 heteroatoms. The van der Waals surface area contributed by atoms with Gasteiger partial charge in [-0.25, -0.2) is 0 Å². The molecule has 0 amide bonds. The van der Waals surface area contributed by atoms with Crippen LogP contribution in [0.4, 0.5) is 0 Å². The van der Waals surface area contributed by atoms with Crippen molar-refractivity contribution in [2.45, 2.75) is 5.41 Å². The lowest BCUT2D eigenvalue weighted by Crippen LogP contribution is -2.34. The monoisotopic (exact) mass is 417 g/mol. The first-order chi connectivity index (χ1) is 16.3. The standard InChI is InChI=1S/C31H20BN/c32-19-16-17-26-29(18-19)33-28-15-6-3-10-22(28)23-11-7-14-27(30(23)33)31(26)24-12-4-1-8-20(24)21-9-2-5-13-25(21)31/h1-18H,32H2. The summed E-state index contributed by atoms with van der Waals surface area (Å²) < 4.78 is 2.51. The van der Waals surface area contributed by atoms with Crippen LogP contribution in [0.2, 0.25) is 0 Å². The van der Waals surface area contributed by atoms with E-state index in [9.17, 15) is 0 Å². The van der Waals surface area contributed by atoms with Gasteiger partial charge in [0.05, 0.1) is 22.1 Å². The molecular formula is C31H20BN. The Labute approximate surface area is 193 Å².